The van der Waals surface area contributed by atoms with E-state index in [-0.39, 0.29) is 12.1 Å². The summed E-state index contributed by atoms with van der Waals surface area (Å²) in [5.41, 5.74) is 14.0. The molecule has 5 heteroatoms. The maximum atomic E-state index is 11.7. The van der Waals surface area contributed by atoms with Crippen LogP contribution in [0.25, 0.3) is 22.0 Å². The minimum atomic E-state index is -0.232. The molecule has 0 unspecified atom stereocenters. The van der Waals surface area contributed by atoms with E-state index in [9.17, 15) is 4.79 Å². The number of esters is 1. The lowest BCUT2D eigenvalue weighted by molar-refractivity contribution is -0.140. The molecule has 168 valence electrons. The highest BCUT2D eigenvalue weighted by atomic mass is 16.5. The van der Waals surface area contributed by atoms with E-state index in [1.165, 1.54) is 23.8 Å². The molecular weight excluding hydrogens is 412 g/mol. The van der Waals surface area contributed by atoms with Crippen molar-refractivity contribution < 1.29 is 14.3 Å². The molecule has 5 rings (SSSR count). The van der Waals surface area contributed by atoms with Crippen LogP contribution in [0.4, 0.5) is 5.69 Å². The fourth-order valence-electron chi connectivity index (χ4n) is 4.77. The first-order chi connectivity index (χ1) is 16.0. The van der Waals surface area contributed by atoms with Crippen LogP contribution < -0.4 is 10.5 Å². The van der Waals surface area contributed by atoms with Gasteiger partial charge >= 0.3 is 5.97 Å². The Kier molecular flexibility index (Phi) is 5.55. The normalized spacial score (nSPS) is 13.3. The Balaban J connectivity index is 1.53. The third-order valence-electron chi connectivity index (χ3n) is 6.52. The predicted molar refractivity (Wildman–Crippen MR) is 131 cm³/mol. The monoisotopic (exact) mass is 440 g/mol. The highest BCUT2D eigenvalue weighted by Crippen LogP contribution is 2.40. The lowest BCUT2D eigenvalue weighted by Crippen LogP contribution is -2.18. The SMILES string of the molecule is COC(=O)CCc1cc(N)c(OC2Cc3ccccc3C2)c(-c2ccc3c(ccn3C)c2)c1. The van der Waals surface area contributed by atoms with Gasteiger partial charge in [0.1, 0.15) is 11.9 Å². The van der Waals surface area contributed by atoms with Crippen molar-refractivity contribution in [2.75, 3.05) is 12.8 Å². The molecule has 0 fully saturated rings. The van der Waals surface area contributed by atoms with Gasteiger partial charge in [-0.05, 0) is 59.0 Å². The average Bonchev–Trinajstić information content (AvgIpc) is 3.41. The summed E-state index contributed by atoms with van der Waals surface area (Å²) in [5, 5.41) is 1.16. The van der Waals surface area contributed by atoms with Gasteiger partial charge in [-0.2, -0.15) is 0 Å². The number of methoxy groups -OCH3 is 1. The molecule has 4 aromatic rings. The summed E-state index contributed by atoms with van der Waals surface area (Å²) in [7, 11) is 3.45. The van der Waals surface area contributed by atoms with E-state index < -0.39 is 0 Å². The van der Waals surface area contributed by atoms with E-state index >= 15 is 0 Å². The molecule has 5 nitrogen and oxygen atoms in total. The fraction of sp³-hybridized carbons (Fsp3) is 0.250. The number of hydrogen-bond donors (Lipinski definition) is 1. The van der Waals surface area contributed by atoms with Crippen LogP contribution >= 0.6 is 0 Å². The summed E-state index contributed by atoms with van der Waals surface area (Å²) in [4.78, 5) is 11.7. The Morgan fingerprint density at radius 1 is 1.06 bits per heavy atom. The maximum absolute atomic E-state index is 11.7. The van der Waals surface area contributed by atoms with Crippen molar-refractivity contribution in [3.05, 3.63) is 83.6 Å². The minimum absolute atomic E-state index is 0.0461. The van der Waals surface area contributed by atoms with Gasteiger partial charge in [0, 0.05) is 49.0 Å². The van der Waals surface area contributed by atoms with Crippen molar-refractivity contribution in [1.29, 1.82) is 0 Å². The topological polar surface area (TPSA) is 66.5 Å². The van der Waals surface area contributed by atoms with Crippen molar-refractivity contribution in [1.82, 2.24) is 4.57 Å². The second-order valence-corrected chi connectivity index (χ2v) is 8.75. The molecule has 1 aromatic heterocycles. The second-order valence-electron chi connectivity index (χ2n) is 8.75. The quantitative estimate of drug-likeness (QED) is 0.335. The molecule has 1 aliphatic rings. The van der Waals surface area contributed by atoms with E-state index in [4.69, 9.17) is 15.2 Å². The van der Waals surface area contributed by atoms with Gasteiger partial charge in [0.05, 0.1) is 12.8 Å². The first-order valence-corrected chi connectivity index (χ1v) is 11.3. The third kappa shape index (κ3) is 4.19. The molecule has 0 radical (unpaired) electrons. The summed E-state index contributed by atoms with van der Waals surface area (Å²) >= 11 is 0. The highest BCUT2D eigenvalue weighted by molar-refractivity contribution is 5.88. The average molecular weight is 441 g/mol. The number of ether oxygens (including phenoxy) is 2. The number of fused-ring (bicyclic) bond motifs is 2. The van der Waals surface area contributed by atoms with Crippen molar-refractivity contribution in [3.63, 3.8) is 0 Å². The van der Waals surface area contributed by atoms with Gasteiger partial charge in [-0.15, -0.1) is 0 Å². The minimum Gasteiger partial charge on any atom is -0.487 e. The zero-order valence-corrected chi connectivity index (χ0v) is 19.0. The van der Waals surface area contributed by atoms with E-state index in [1.54, 1.807) is 0 Å². The number of aryl methyl sites for hydroxylation is 2. The molecular formula is C28H28N2O3. The Bertz CT molecular complexity index is 1310. The molecule has 1 aliphatic carbocycles. The van der Waals surface area contributed by atoms with E-state index in [2.05, 4.69) is 65.4 Å². The number of rotatable bonds is 6. The molecule has 1 heterocycles. The standard InChI is InChI=1S/C28H28N2O3/c1-30-12-11-22-15-21(8-9-26(22)30)24-13-18(7-10-27(31)32-2)14-25(29)28(24)33-23-16-19-5-3-4-6-20(19)17-23/h3-6,8-9,11-15,23H,7,10,16-17,29H2,1-2H3. The van der Waals surface area contributed by atoms with Crippen LogP contribution in [0.15, 0.2) is 66.9 Å². The van der Waals surface area contributed by atoms with Gasteiger partial charge in [-0.3, -0.25) is 4.79 Å². The Morgan fingerprint density at radius 3 is 2.55 bits per heavy atom. The fourth-order valence-corrected chi connectivity index (χ4v) is 4.77. The van der Waals surface area contributed by atoms with Gasteiger partial charge in [-0.1, -0.05) is 30.3 Å². The summed E-state index contributed by atoms with van der Waals surface area (Å²) < 4.78 is 13.5. The summed E-state index contributed by atoms with van der Waals surface area (Å²) in [6, 6.07) is 21.0. The molecule has 0 saturated heterocycles. The van der Waals surface area contributed by atoms with Gasteiger partial charge in [0.25, 0.3) is 0 Å². The maximum Gasteiger partial charge on any atom is 0.305 e. The van der Waals surface area contributed by atoms with Crippen LogP contribution in [-0.2, 0) is 35.8 Å². The van der Waals surface area contributed by atoms with Gasteiger partial charge in [-0.25, -0.2) is 0 Å². The Labute approximate surface area is 193 Å². The number of nitrogen functional groups attached to an aromatic ring is 1. The lowest BCUT2D eigenvalue weighted by atomic mass is 9.97. The summed E-state index contributed by atoms with van der Waals surface area (Å²) in [6.45, 7) is 0. The first-order valence-electron chi connectivity index (χ1n) is 11.3. The van der Waals surface area contributed by atoms with Crippen LogP contribution in [0.1, 0.15) is 23.1 Å². The zero-order chi connectivity index (χ0) is 22.9. The number of nitrogens with zero attached hydrogens (tertiary/aromatic N) is 1. The number of nitrogens with two attached hydrogens (primary N) is 1. The summed E-state index contributed by atoms with van der Waals surface area (Å²) in [6.07, 6.45) is 4.72. The number of carbonyl (C=O) groups excluding carboxylic acids is 1. The number of hydrogen-bond acceptors (Lipinski definition) is 4. The van der Waals surface area contributed by atoms with Crippen molar-refractivity contribution >= 4 is 22.6 Å². The van der Waals surface area contributed by atoms with Gasteiger partial charge < -0.3 is 19.8 Å². The van der Waals surface area contributed by atoms with E-state index in [0.717, 1.165) is 34.9 Å². The van der Waals surface area contributed by atoms with Crippen LogP contribution in [0, 0.1) is 0 Å². The van der Waals surface area contributed by atoms with Crippen LogP contribution in [0.5, 0.6) is 5.75 Å². The van der Waals surface area contributed by atoms with E-state index in [1.807, 2.05) is 13.1 Å². The zero-order valence-electron chi connectivity index (χ0n) is 19.0. The number of anilines is 1. The number of benzene rings is 3. The van der Waals surface area contributed by atoms with Crippen LogP contribution in [-0.4, -0.2) is 23.8 Å². The third-order valence-corrected chi connectivity index (χ3v) is 6.52. The van der Waals surface area contributed by atoms with E-state index in [0.29, 0.717) is 24.3 Å². The Morgan fingerprint density at radius 2 is 1.82 bits per heavy atom. The molecule has 0 amide bonds. The molecule has 0 saturated carbocycles. The Hall–Kier alpha value is -3.73. The molecule has 33 heavy (non-hydrogen) atoms. The van der Waals surface area contributed by atoms with Gasteiger partial charge in [0.15, 0.2) is 0 Å². The second kappa shape index (κ2) is 8.66. The van der Waals surface area contributed by atoms with Crippen molar-refractivity contribution in [2.24, 2.45) is 7.05 Å². The molecule has 0 spiro atoms. The number of carbonyl (C=O) groups is 1. The number of aromatic nitrogens is 1. The van der Waals surface area contributed by atoms with Crippen LogP contribution in [0.2, 0.25) is 0 Å². The highest BCUT2D eigenvalue weighted by Gasteiger charge is 2.25. The largest absolute Gasteiger partial charge is 0.487 e. The molecule has 2 N–H and O–H groups in total. The van der Waals surface area contributed by atoms with Crippen LogP contribution in [0.3, 0.4) is 0 Å². The molecule has 3 aromatic carbocycles. The molecule has 0 atom stereocenters. The summed E-state index contributed by atoms with van der Waals surface area (Å²) in [5.74, 6) is 0.481. The molecule has 0 aliphatic heterocycles. The van der Waals surface area contributed by atoms with Crippen molar-refractivity contribution in [2.45, 2.75) is 31.8 Å². The van der Waals surface area contributed by atoms with Gasteiger partial charge in [0.2, 0.25) is 0 Å². The molecule has 0 bridgehead atoms. The smallest absolute Gasteiger partial charge is 0.305 e. The van der Waals surface area contributed by atoms with Crippen molar-refractivity contribution in [3.8, 4) is 16.9 Å². The predicted octanol–water partition coefficient (Wildman–Crippen LogP) is 5.08. The lowest BCUT2D eigenvalue weighted by Gasteiger charge is -2.20. The first kappa shape index (κ1) is 21.1.